The van der Waals surface area contributed by atoms with Gasteiger partial charge in [-0.1, -0.05) is 25.5 Å². The Kier molecular flexibility index (Phi) is 4.41. The van der Waals surface area contributed by atoms with Crippen LogP contribution in [0.1, 0.15) is 19.8 Å². The minimum atomic E-state index is -0.486. The molecule has 7 nitrogen and oxygen atoms in total. The Morgan fingerprint density at radius 3 is 2.95 bits per heavy atom. The molecule has 1 aromatic heterocycles. The van der Waals surface area contributed by atoms with Crippen molar-refractivity contribution in [1.82, 2.24) is 20.2 Å². The van der Waals surface area contributed by atoms with E-state index in [2.05, 4.69) is 20.8 Å². The first-order valence-electron chi connectivity index (χ1n) is 6.51. The smallest absolute Gasteiger partial charge is 0.241 e. The Hall–Kier alpha value is -2.28. The van der Waals surface area contributed by atoms with Gasteiger partial charge in [0.2, 0.25) is 5.91 Å². The summed E-state index contributed by atoms with van der Waals surface area (Å²) in [6.07, 6.45) is 1.54. The van der Waals surface area contributed by atoms with Crippen LogP contribution in [0.15, 0.2) is 24.3 Å². The molecule has 0 bridgehead atoms. The van der Waals surface area contributed by atoms with Gasteiger partial charge in [0.05, 0.1) is 6.04 Å². The van der Waals surface area contributed by atoms with Crippen molar-refractivity contribution in [2.75, 3.05) is 5.32 Å². The van der Waals surface area contributed by atoms with Crippen molar-refractivity contribution in [1.29, 1.82) is 0 Å². The molecule has 0 saturated heterocycles. The highest BCUT2D eigenvalue weighted by Gasteiger charge is 2.13. The molecule has 1 aromatic carbocycles. The summed E-state index contributed by atoms with van der Waals surface area (Å²) in [7, 11) is 1.76. The molecule has 0 fully saturated rings. The number of anilines is 1. The Morgan fingerprint density at radius 2 is 2.30 bits per heavy atom. The third kappa shape index (κ3) is 3.18. The number of nitrogens with one attached hydrogen (secondary N) is 1. The largest absolute Gasteiger partial charge is 0.325 e. The summed E-state index contributed by atoms with van der Waals surface area (Å²) in [5.41, 5.74) is 7.30. The second-order valence-corrected chi connectivity index (χ2v) is 4.59. The number of nitrogens with two attached hydrogens (primary N) is 1. The SMILES string of the molecule is CCC[C@H](N)C(=O)Nc1cccc(-c2nnnn2C)c1. The zero-order valence-corrected chi connectivity index (χ0v) is 11.6. The maximum absolute atomic E-state index is 11.9. The lowest BCUT2D eigenvalue weighted by molar-refractivity contribution is -0.117. The molecule has 3 N–H and O–H groups in total. The molecule has 0 aliphatic heterocycles. The van der Waals surface area contributed by atoms with Crippen LogP contribution in [0.2, 0.25) is 0 Å². The number of hydrogen-bond donors (Lipinski definition) is 2. The second-order valence-electron chi connectivity index (χ2n) is 4.59. The van der Waals surface area contributed by atoms with Crippen LogP contribution in [0.25, 0.3) is 11.4 Å². The maximum atomic E-state index is 11.9. The first-order chi connectivity index (χ1) is 9.61. The lowest BCUT2D eigenvalue weighted by Crippen LogP contribution is -2.35. The van der Waals surface area contributed by atoms with Crippen LogP contribution in [-0.4, -0.2) is 32.2 Å². The van der Waals surface area contributed by atoms with E-state index in [1.165, 1.54) is 0 Å². The van der Waals surface area contributed by atoms with Gasteiger partial charge >= 0.3 is 0 Å². The van der Waals surface area contributed by atoms with Crippen LogP contribution < -0.4 is 11.1 Å². The molecular formula is C13H18N6O. The van der Waals surface area contributed by atoms with Gasteiger partial charge in [0.1, 0.15) is 0 Å². The van der Waals surface area contributed by atoms with Gasteiger partial charge in [0.25, 0.3) is 0 Å². The zero-order chi connectivity index (χ0) is 14.5. The normalized spacial score (nSPS) is 12.2. The number of nitrogens with zero attached hydrogens (tertiary/aromatic N) is 4. The molecule has 106 valence electrons. The molecule has 0 radical (unpaired) electrons. The highest BCUT2D eigenvalue weighted by Crippen LogP contribution is 2.19. The van der Waals surface area contributed by atoms with Crippen molar-refractivity contribution >= 4 is 11.6 Å². The number of rotatable bonds is 5. The molecule has 0 saturated carbocycles. The molecular weight excluding hydrogens is 256 g/mol. The standard InChI is InChI=1S/C13H18N6O/c1-3-5-11(14)13(20)15-10-7-4-6-9(8-10)12-16-17-18-19(12)2/h4,6-8,11H,3,5,14H2,1-2H3,(H,15,20)/t11-/m0/s1. The lowest BCUT2D eigenvalue weighted by atomic mass is 10.1. The molecule has 7 heteroatoms. The van der Waals surface area contributed by atoms with E-state index >= 15 is 0 Å². The Labute approximate surface area is 117 Å². The van der Waals surface area contributed by atoms with Gasteiger partial charge in [-0.15, -0.1) is 5.10 Å². The molecule has 1 amide bonds. The fourth-order valence-corrected chi connectivity index (χ4v) is 1.89. The first-order valence-corrected chi connectivity index (χ1v) is 6.51. The zero-order valence-electron chi connectivity index (χ0n) is 11.6. The minimum absolute atomic E-state index is 0.180. The summed E-state index contributed by atoms with van der Waals surface area (Å²) in [6.45, 7) is 1.99. The number of hydrogen-bond acceptors (Lipinski definition) is 5. The fourth-order valence-electron chi connectivity index (χ4n) is 1.89. The summed E-state index contributed by atoms with van der Waals surface area (Å²) in [4.78, 5) is 11.9. The Balaban J connectivity index is 2.15. The van der Waals surface area contributed by atoms with Crippen molar-refractivity contribution in [3.8, 4) is 11.4 Å². The van der Waals surface area contributed by atoms with Gasteiger partial charge in [0, 0.05) is 18.3 Å². The van der Waals surface area contributed by atoms with E-state index in [9.17, 15) is 4.79 Å². The van der Waals surface area contributed by atoms with Crippen LogP contribution >= 0.6 is 0 Å². The summed E-state index contributed by atoms with van der Waals surface area (Å²) in [6, 6.07) is 6.87. The van der Waals surface area contributed by atoms with Crippen molar-refractivity contribution in [2.45, 2.75) is 25.8 Å². The molecule has 20 heavy (non-hydrogen) atoms. The average Bonchev–Trinajstić information content (AvgIpc) is 2.85. The second kappa shape index (κ2) is 6.25. The van der Waals surface area contributed by atoms with Gasteiger partial charge in [-0.05, 0) is 29.0 Å². The molecule has 0 unspecified atom stereocenters. The fraction of sp³-hybridized carbons (Fsp3) is 0.385. The van der Waals surface area contributed by atoms with E-state index in [-0.39, 0.29) is 5.91 Å². The van der Waals surface area contributed by atoms with Gasteiger partial charge in [0.15, 0.2) is 5.82 Å². The predicted molar refractivity (Wildman–Crippen MR) is 75.7 cm³/mol. The van der Waals surface area contributed by atoms with Crippen LogP contribution in [0.3, 0.4) is 0 Å². The number of benzene rings is 1. The number of carbonyl (C=O) groups excluding carboxylic acids is 1. The Morgan fingerprint density at radius 1 is 1.50 bits per heavy atom. The molecule has 0 spiro atoms. The van der Waals surface area contributed by atoms with Crippen LogP contribution in [-0.2, 0) is 11.8 Å². The van der Waals surface area contributed by atoms with Gasteiger partial charge in [-0.25, -0.2) is 4.68 Å². The number of aryl methyl sites for hydroxylation is 1. The summed E-state index contributed by atoms with van der Waals surface area (Å²) in [5, 5.41) is 14.1. The van der Waals surface area contributed by atoms with Gasteiger partial charge in [-0.3, -0.25) is 4.79 Å². The van der Waals surface area contributed by atoms with Crippen molar-refractivity contribution in [3.63, 3.8) is 0 Å². The van der Waals surface area contributed by atoms with Gasteiger partial charge in [-0.2, -0.15) is 0 Å². The van der Waals surface area contributed by atoms with Crippen LogP contribution in [0, 0.1) is 0 Å². The monoisotopic (exact) mass is 274 g/mol. The van der Waals surface area contributed by atoms with Gasteiger partial charge < -0.3 is 11.1 Å². The van der Waals surface area contributed by atoms with Crippen molar-refractivity contribution < 1.29 is 4.79 Å². The van der Waals surface area contributed by atoms with E-state index in [1.54, 1.807) is 11.7 Å². The number of carbonyl (C=O) groups is 1. The predicted octanol–water partition coefficient (Wildman–Crippen LogP) is 0.943. The van der Waals surface area contributed by atoms with Crippen LogP contribution in [0.4, 0.5) is 5.69 Å². The third-order valence-electron chi connectivity index (χ3n) is 2.94. The summed E-state index contributed by atoms with van der Waals surface area (Å²) in [5.74, 6) is 0.457. The maximum Gasteiger partial charge on any atom is 0.241 e. The highest BCUT2D eigenvalue weighted by molar-refractivity contribution is 5.95. The van der Waals surface area contributed by atoms with E-state index in [0.717, 1.165) is 12.0 Å². The lowest BCUT2D eigenvalue weighted by Gasteiger charge is -2.11. The van der Waals surface area contributed by atoms with Crippen molar-refractivity contribution in [2.24, 2.45) is 12.8 Å². The van der Waals surface area contributed by atoms with E-state index in [1.807, 2.05) is 31.2 Å². The summed E-state index contributed by atoms with van der Waals surface area (Å²) >= 11 is 0. The molecule has 0 aliphatic carbocycles. The first kappa shape index (κ1) is 14.1. The number of tetrazole rings is 1. The average molecular weight is 274 g/mol. The molecule has 1 heterocycles. The van der Waals surface area contributed by atoms with Crippen LogP contribution in [0.5, 0.6) is 0 Å². The van der Waals surface area contributed by atoms with E-state index in [4.69, 9.17) is 5.73 Å². The van der Waals surface area contributed by atoms with E-state index in [0.29, 0.717) is 17.9 Å². The summed E-state index contributed by atoms with van der Waals surface area (Å²) < 4.78 is 1.57. The van der Waals surface area contributed by atoms with E-state index < -0.39 is 6.04 Å². The minimum Gasteiger partial charge on any atom is -0.325 e. The Bertz CT molecular complexity index is 594. The molecule has 2 rings (SSSR count). The quantitative estimate of drug-likeness (QED) is 0.845. The highest BCUT2D eigenvalue weighted by atomic mass is 16.2. The third-order valence-corrected chi connectivity index (χ3v) is 2.94. The number of amides is 1. The topological polar surface area (TPSA) is 98.7 Å². The molecule has 1 atom stereocenters. The van der Waals surface area contributed by atoms with Crippen molar-refractivity contribution in [3.05, 3.63) is 24.3 Å². The molecule has 0 aliphatic rings. The molecule has 2 aromatic rings. The number of aromatic nitrogens is 4.